The molecule has 1 radical (unpaired) electrons. The monoisotopic (exact) mass is 222 g/mol. The quantitative estimate of drug-likeness (QED) is 0.664. The first-order valence-corrected chi connectivity index (χ1v) is 5.73. The van der Waals surface area contributed by atoms with Crippen LogP contribution in [0.25, 0.3) is 0 Å². The Bertz CT molecular complexity index is 281. The zero-order valence-corrected chi connectivity index (χ0v) is 10.1. The molecule has 89 valence electrons. The van der Waals surface area contributed by atoms with Gasteiger partial charge >= 0.3 is 0 Å². The van der Waals surface area contributed by atoms with Gasteiger partial charge in [0.25, 0.3) is 0 Å². The van der Waals surface area contributed by atoms with Gasteiger partial charge in [0.15, 0.2) is 5.79 Å². The smallest absolute Gasteiger partial charge is 0.168 e. The van der Waals surface area contributed by atoms with Crippen LogP contribution in [0, 0.1) is 6.92 Å². The normalized spacial score (nSPS) is 11.7. The largest absolute Gasteiger partial charge is 0.350 e. The summed E-state index contributed by atoms with van der Waals surface area (Å²) in [6.07, 6.45) is 3.32. The molecule has 3 heteroatoms. The van der Waals surface area contributed by atoms with E-state index in [0.29, 0.717) is 19.6 Å². The van der Waals surface area contributed by atoms with Gasteiger partial charge in [-0.05, 0) is 32.4 Å². The van der Waals surface area contributed by atoms with Crippen molar-refractivity contribution in [3.63, 3.8) is 0 Å². The second-order valence-electron chi connectivity index (χ2n) is 3.60. The van der Waals surface area contributed by atoms with Crippen LogP contribution in [0.4, 0.5) is 0 Å². The van der Waals surface area contributed by atoms with Crippen LogP contribution >= 0.6 is 0 Å². The molecule has 0 aliphatic rings. The minimum atomic E-state index is -0.735. The number of nitrogens with zero attached hydrogens (tertiary/aromatic N) is 1. The van der Waals surface area contributed by atoms with Crippen molar-refractivity contribution >= 4 is 0 Å². The van der Waals surface area contributed by atoms with Crippen molar-refractivity contribution in [2.24, 2.45) is 0 Å². The second kappa shape index (κ2) is 6.61. The van der Waals surface area contributed by atoms with E-state index in [4.69, 9.17) is 9.47 Å². The third-order valence-corrected chi connectivity index (χ3v) is 2.30. The molecule has 0 saturated heterocycles. The first-order valence-electron chi connectivity index (χ1n) is 5.73. The Morgan fingerprint density at radius 2 is 1.94 bits per heavy atom. The topological polar surface area (TPSA) is 31.4 Å². The van der Waals surface area contributed by atoms with Gasteiger partial charge in [0.1, 0.15) is 0 Å². The van der Waals surface area contributed by atoms with Gasteiger partial charge in [0, 0.05) is 38.4 Å². The molecule has 3 nitrogen and oxygen atoms in total. The summed E-state index contributed by atoms with van der Waals surface area (Å²) in [6, 6.07) is 5.89. The molecule has 0 saturated carbocycles. The molecular formula is C13H20NO2. The van der Waals surface area contributed by atoms with E-state index in [-0.39, 0.29) is 0 Å². The van der Waals surface area contributed by atoms with Crippen molar-refractivity contribution in [1.82, 2.24) is 4.98 Å². The van der Waals surface area contributed by atoms with Crippen molar-refractivity contribution < 1.29 is 9.47 Å². The fourth-order valence-electron chi connectivity index (χ4n) is 1.58. The second-order valence-corrected chi connectivity index (χ2v) is 3.60. The lowest BCUT2D eigenvalue weighted by Crippen LogP contribution is -2.33. The lowest BCUT2D eigenvalue weighted by atomic mass is 10.1. The molecule has 0 fully saturated rings. The molecule has 1 aromatic rings. The van der Waals surface area contributed by atoms with Crippen LogP contribution in [0.5, 0.6) is 0 Å². The minimum Gasteiger partial charge on any atom is -0.350 e. The SMILES string of the molecule is [CH2]C(CCc1ccccn1)(OCC)OCC. The van der Waals surface area contributed by atoms with Crippen LogP contribution in [0.15, 0.2) is 24.4 Å². The molecule has 1 rings (SSSR count). The number of aromatic nitrogens is 1. The van der Waals surface area contributed by atoms with E-state index in [1.54, 1.807) is 6.20 Å². The van der Waals surface area contributed by atoms with Crippen LogP contribution in [0.2, 0.25) is 0 Å². The van der Waals surface area contributed by atoms with Crippen molar-refractivity contribution in [2.45, 2.75) is 32.5 Å². The summed E-state index contributed by atoms with van der Waals surface area (Å²) in [6.45, 7) is 9.09. The lowest BCUT2D eigenvalue weighted by molar-refractivity contribution is -0.205. The third-order valence-electron chi connectivity index (χ3n) is 2.30. The highest BCUT2D eigenvalue weighted by Crippen LogP contribution is 2.19. The minimum absolute atomic E-state index is 0.603. The van der Waals surface area contributed by atoms with E-state index in [1.807, 2.05) is 32.0 Å². The van der Waals surface area contributed by atoms with E-state index in [0.717, 1.165) is 12.1 Å². The van der Waals surface area contributed by atoms with Crippen LogP contribution in [-0.4, -0.2) is 24.0 Å². The van der Waals surface area contributed by atoms with Crippen LogP contribution in [0.3, 0.4) is 0 Å². The van der Waals surface area contributed by atoms with Gasteiger partial charge in [-0.1, -0.05) is 6.07 Å². The average molecular weight is 222 g/mol. The summed E-state index contributed by atoms with van der Waals surface area (Å²) >= 11 is 0. The maximum absolute atomic E-state index is 5.53. The fraction of sp³-hybridized carbons (Fsp3) is 0.538. The summed E-state index contributed by atoms with van der Waals surface area (Å²) in [5.74, 6) is -0.735. The molecule has 0 aliphatic carbocycles. The standard InChI is InChI=1S/C13H20NO2/c1-4-15-13(3,16-5-2)10-9-12-8-6-7-11-14-12/h6-8,11H,3-5,9-10H2,1-2H3. The molecule has 0 spiro atoms. The maximum atomic E-state index is 5.53. The van der Waals surface area contributed by atoms with Crippen molar-refractivity contribution in [2.75, 3.05) is 13.2 Å². The van der Waals surface area contributed by atoms with Crippen molar-refractivity contribution in [3.8, 4) is 0 Å². The fourth-order valence-corrected chi connectivity index (χ4v) is 1.58. The maximum Gasteiger partial charge on any atom is 0.168 e. The Hall–Kier alpha value is -0.930. The molecule has 0 N–H and O–H groups in total. The highest BCUT2D eigenvalue weighted by atomic mass is 16.7. The first-order chi connectivity index (χ1) is 7.70. The van der Waals surface area contributed by atoms with Gasteiger partial charge < -0.3 is 9.47 Å². The highest BCUT2D eigenvalue weighted by molar-refractivity contribution is 5.04. The lowest BCUT2D eigenvalue weighted by Gasteiger charge is -2.28. The van der Waals surface area contributed by atoms with Gasteiger partial charge in [0.2, 0.25) is 0 Å². The molecule has 1 aromatic heterocycles. The van der Waals surface area contributed by atoms with E-state index in [1.165, 1.54) is 0 Å². The number of hydrogen-bond acceptors (Lipinski definition) is 3. The van der Waals surface area contributed by atoms with Gasteiger partial charge in [-0.25, -0.2) is 0 Å². The number of hydrogen-bond donors (Lipinski definition) is 0. The first kappa shape index (κ1) is 13.1. The van der Waals surface area contributed by atoms with E-state index < -0.39 is 5.79 Å². The van der Waals surface area contributed by atoms with E-state index in [2.05, 4.69) is 11.9 Å². The molecule has 1 heterocycles. The van der Waals surface area contributed by atoms with Crippen molar-refractivity contribution in [3.05, 3.63) is 37.0 Å². The van der Waals surface area contributed by atoms with Gasteiger partial charge in [0.05, 0.1) is 0 Å². The zero-order chi connectivity index (χ0) is 11.9. The van der Waals surface area contributed by atoms with Gasteiger partial charge in [-0.2, -0.15) is 0 Å². The van der Waals surface area contributed by atoms with Crippen LogP contribution in [-0.2, 0) is 15.9 Å². The third kappa shape index (κ3) is 4.29. The van der Waals surface area contributed by atoms with Gasteiger partial charge in [-0.3, -0.25) is 4.98 Å². The summed E-state index contributed by atoms with van der Waals surface area (Å²) in [7, 11) is 0. The molecular weight excluding hydrogens is 202 g/mol. The molecule has 0 unspecified atom stereocenters. The van der Waals surface area contributed by atoms with E-state index in [9.17, 15) is 0 Å². The molecule has 16 heavy (non-hydrogen) atoms. The number of rotatable bonds is 7. The average Bonchev–Trinajstić information content (AvgIpc) is 2.29. The Morgan fingerprint density at radius 3 is 2.44 bits per heavy atom. The Balaban J connectivity index is 2.49. The molecule has 0 bridgehead atoms. The summed E-state index contributed by atoms with van der Waals surface area (Å²) in [5.41, 5.74) is 1.04. The summed E-state index contributed by atoms with van der Waals surface area (Å²) in [4.78, 5) is 4.26. The molecule has 0 aliphatic heterocycles. The number of aryl methyl sites for hydroxylation is 1. The Morgan fingerprint density at radius 1 is 1.25 bits per heavy atom. The van der Waals surface area contributed by atoms with Crippen LogP contribution < -0.4 is 0 Å². The van der Waals surface area contributed by atoms with Crippen molar-refractivity contribution in [1.29, 1.82) is 0 Å². The predicted octanol–water partition coefficient (Wildman–Crippen LogP) is 2.62. The summed E-state index contributed by atoms with van der Waals surface area (Å²) < 4.78 is 11.1. The molecule has 0 atom stereocenters. The highest BCUT2D eigenvalue weighted by Gasteiger charge is 2.24. The summed E-state index contributed by atoms with van der Waals surface area (Å²) in [5, 5.41) is 0. The zero-order valence-electron chi connectivity index (χ0n) is 10.1. The Labute approximate surface area is 97.8 Å². The predicted molar refractivity (Wildman–Crippen MR) is 63.9 cm³/mol. The number of pyridine rings is 1. The van der Waals surface area contributed by atoms with Crippen LogP contribution in [0.1, 0.15) is 26.0 Å². The van der Waals surface area contributed by atoms with Gasteiger partial charge in [-0.15, -0.1) is 0 Å². The Kier molecular flexibility index (Phi) is 5.43. The number of ether oxygens (including phenoxy) is 2. The molecule has 0 aromatic carbocycles. The van der Waals surface area contributed by atoms with E-state index >= 15 is 0 Å². The molecule has 0 amide bonds.